The van der Waals surface area contributed by atoms with Crippen LogP contribution in [0, 0.1) is 6.92 Å². The molecule has 5 aromatic rings. The van der Waals surface area contributed by atoms with E-state index in [4.69, 9.17) is 4.74 Å². The Bertz CT molecular complexity index is 1990. The summed E-state index contributed by atoms with van der Waals surface area (Å²) in [4.78, 5) is 13.2. The molecule has 0 heterocycles. The summed E-state index contributed by atoms with van der Waals surface area (Å²) in [6.45, 7) is 3.64. The molecule has 9 nitrogen and oxygen atoms in total. The second kappa shape index (κ2) is 12.8. The van der Waals surface area contributed by atoms with Crippen LogP contribution in [0.1, 0.15) is 12.5 Å². The van der Waals surface area contributed by atoms with Crippen LogP contribution in [0.15, 0.2) is 125 Å². The Kier molecular flexibility index (Phi) is 8.88. The third-order valence-electron chi connectivity index (χ3n) is 6.81. The number of hydrogen-bond acceptors (Lipinski definition) is 6. The minimum absolute atomic E-state index is 0.00239. The Labute approximate surface area is 257 Å². The molecule has 1 amide bonds. The molecular formula is C33H31N3O6S2. The summed E-state index contributed by atoms with van der Waals surface area (Å²) in [6.07, 6.45) is 0. The molecule has 0 aromatic heterocycles. The number of nitrogens with one attached hydrogen (secondary N) is 2. The number of anilines is 3. The average molecular weight is 630 g/mol. The third kappa shape index (κ3) is 6.85. The van der Waals surface area contributed by atoms with Crippen molar-refractivity contribution in [3.63, 3.8) is 0 Å². The predicted molar refractivity (Wildman–Crippen MR) is 173 cm³/mol. The van der Waals surface area contributed by atoms with Crippen molar-refractivity contribution in [3.05, 3.63) is 121 Å². The molecule has 0 fully saturated rings. The van der Waals surface area contributed by atoms with E-state index in [9.17, 15) is 21.6 Å². The summed E-state index contributed by atoms with van der Waals surface area (Å²) in [5, 5.41) is 4.34. The SMILES string of the molecule is CCOc1ccc(S(=O)(=O)N(CC(=O)Nc2ccc(S(=O)(=O)Nc3cccc4ccccc34)cc2)c2ccc(C)cc2)cc1. The Morgan fingerprint density at radius 2 is 1.39 bits per heavy atom. The molecule has 44 heavy (non-hydrogen) atoms. The van der Waals surface area contributed by atoms with Crippen LogP contribution in [-0.2, 0) is 24.8 Å². The maximum Gasteiger partial charge on any atom is 0.264 e. The molecule has 0 bridgehead atoms. The number of benzene rings is 5. The third-order valence-corrected chi connectivity index (χ3v) is 9.98. The van der Waals surface area contributed by atoms with Crippen LogP contribution in [0.2, 0.25) is 0 Å². The summed E-state index contributed by atoms with van der Waals surface area (Å²) < 4.78 is 62.7. The van der Waals surface area contributed by atoms with E-state index in [1.165, 1.54) is 36.4 Å². The van der Waals surface area contributed by atoms with Crippen LogP contribution in [-0.4, -0.2) is 35.9 Å². The van der Waals surface area contributed by atoms with E-state index in [2.05, 4.69) is 10.0 Å². The van der Waals surface area contributed by atoms with Crippen LogP contribution >= 0.6 is 0 Å². The molecule has 0 atom stereocenters. The maximum atomic E-state index is 13.7. The Balaban J connectivity index is 1.33. The van der Waals surface area contributed by atoms with E-state index in [0.717, 1.165) is 20.6 Å². The zero-order chi connectivity index (χ0) is 31.3. The quantitative estimate of drug-likeness (QED) is 0.180. The molecular weight excluding hydrogens is 599 g/mol. The van der Waals surface area contributed by atoms with E-state index < -0.39 is 32.5 Å². The van der Waals surface area contributed by atoms with Gasteiger partial charge in [-0.05, 0) is 86.0 Å². The fraction of sp³-hybridized carbons (Fsp3) is 0.121. The van der Waals surface area contributed by atoms with Gasteiger partial charge < -0.3 is 10.1 Å². The van der Waals surface area contributed by atoms with Gasteiger partial charge in [-0.3, -0.25) is 13.8 Å². The van der Waals surface area contributed by atoms with Crippen molar-refractivity contribution in [1.29, 1.82) is 0 Å². The van der Waals surface area contributed by atoms with Crippen molar-refractivity contribution in [1.82, 2.24) is 0 Å². The maximum absolute atomic E-state index is 13.7. The lowest BCUT2D eigenvalue weighted by molar-refractivity contribution is -0.114. The summed E-state index contributed by atoms with van der Waals surface area (Å²) in [5.41, 5.74) is 2.01. The van der Waals surface area contributed by atoms with Gasteiger partial charge in [0, 0.05) is 11.1 Å². The van der Waals surface area contributed by atoms with Crippen molar-refractivity contribution < 1.29 is 26.4 Å². The number of amides is 1. The summed E-state index contributed by atoms with van der Waals surface area (Å²) in [6, 6.07) is 31.2. The first-order valence-corrected chi connectivity index (χ1v) is 16.7. The Morgan fingerprint density at radius 3 is 2.07 bits per heavy atom. The molecule has 0 aliphatic heterocycles. The van der Waals surface area contributed by atoms with Gasteiger partial charge >= 0.3 is 0 Å². The standard InChI is InChI=1S/C33H31N3O6S2/c1-3-42-28-17-21-30(22-18-28)44(40,41)36(27-15-11-24(2)12-16-27)23-33(37)34-26-13-19-29(20-14-26)43(38,39)35-32-10-6-8-25-7-4-5-9-31(25)32/h4-22,35H,3,23H2,1-2H3,(H,34,37). The molecule has 11 heteroatoms. The normalized spacial score (nSPS) is 11.6. The van der Waals surface area contributed by atoms with Crippen LogP contribution in [0.5, 0.6) is 5.75 Å². The number of nitrogens with zero attached hydrogens (tertiary/aromatic N) is 1. The van der Waals surface area contributed by atoms with Gasteiger partial charge in [-0.25, -0.2) is 16.8 Å². The van der Waals surface area contributed by atoms with Gasteiger partial charge in [-0.1, -0.05) is 54.1 Å². The van der Waals surface area contributed by atoms with E-state index >= 15 is 0 Å². The second-order valence-electron chi connectivity index (χ2n) is 9.96. The zero-order valence-corrected chi connectivity index (χ0v) is 25.7. The van der Waals surface area contributed by atoms with Crippen molar-refractivity contribution in [2.75, 3.05) is 27.5 Å². The lowest BCUT2D eigenvalue weighted by Crippen LogP contribution is -2.38. The molecule has 0 unspecified atom stereocenters. The minimum Gasteiger partial charge on any atom is -0.494 e. The monoisotopic (exact) mass is 629 g/mol. The number of hydrogen-bond donors (Lipinski definition) is 2. The number of rotatable bonds is 11. The second-order valence-corrected chi connectivity index (χ2v) is 13.5. The van der Waals surface area contributed by atoms with E-state index in [0.29, 0.717) is 29.4 Å². The lowest BCUT2D eigenvalue weighted by atomic mass is 10.1. The first-order chi connectivity index (χ1) is 21.1. The first-order valence-electron chi connectivity index (χ1n) is 13.8. The van der Waals surface area contributed by atoms with Gasteiger partial charge in [-0.15, -0.1) is 0 Å². The van der Waals surface area contributed by atoms with E-state index in [1.807, 2.05) is 44.2 Å². The molecule has 0 radical (unpaired) electrons. The molecule has 5 rings (SSSR count). The highest BCUT2D eigenvalue weighted by Crippen LogP contribution is 2.28. The van der Waals surface area contributed by atoms with Gasteiger partial charge in [-0.2, -0.15) is 0 Å². The molecule has 2 N–H and O–H groups in total. The Hall–Kier alpha value is -4.87. The van der Waals surface area contributed by atoms with Crippen LogP contribution in [0.25, 0.3) is 10.8 Å². The summed E-state index contributed by atoms with van der Waals surface area (Å²) in [5.74, 6) is -0.0755. The van der Waals surface area contributed by atoms with Gasteiger partial charge in [0.1, 0.15) is 12.3 Å². The van der Waals surface area contributed by atoms with Crippen LogP contribution < -0.4 is 19.1 Å². The summed E-state index contributed by atoms with van der Waals surface area (Å²) >= 11 is 0. The number of sulfonamides is 2. The lowest BCUT2D eigenvalue weighted by Gasteiger charge is -2.24. The fourth-order valence-electron chi connectivity index (χ4n) is 4.59. The highest BCUT2D eigenvalue weighted by atomic mass is 32.2. The van der Waals surface area contributed by atoms with Gasteiger partial charge in [0.2, 0.25) is 5.91 Å². The van der Waals surface area contributed by atoms with Gasteiger partial charge in [0.15, 0.2) is 0 Å². The first kappa shape index (κ1) is 30.6. The number of aryl methyl sites for hydroxylation is 1. The Morgan fingerprint density at radius 1 is 0.750 bits per heavy atom. The highest BCUT2D eigenvalue weighted by Gasteiger charge is 2.27. The molecule has 0 aliphatic rings. The molecule has 0 spiro atoms. The van der Waals surface area contributed by atoms with Crippen molar-refractivity contribution in [2.24, 2.45) is 0 Å². The van der Waals surface area contributed by atoms with E-state index in [1.54, 1.807) is 48.5 Å². The molecule has 0 saturated heterocycles. The minimum atomic E-state index is -4.13. The predicted octanol–water partition coefficient (Wildman–Crippen LogP) is 6.18. The average Bonchev–Trinajstić information content (AvgIpc) is 3.01. The number of carbonyl (C=O) groups is 1. The van der Waals surface area contributed by atoms with Crippen LogP contribution in [0.4, 0.5) is 17.1 Å². The zero-order valence-electron chi connectivity index (χ0n) is 24.1. The molecule has 0 saturated carbocycles. The number of carbonyl (C=O) groups excluding carboxylic acids is 1. The van der Waals surface area contributed by atoms with Gasteiger partial charge in [0.05, 0.1) is 27.8 Å². The van der Waals surface area contributed by atoms with Gasteiger partial charge in [0.25, 0.3) is 20.0 Å². The van der Waals surface area contributed by atoms with E-state index in [-0.39, 0.29) is 9.79 Å². The number of ether oxygens (including phenoxy) is 1. The van der Waals surface area contributed by atoms with Crippen molar-refractivity contribution >= 4 is 53.8 Å². The largest absolute Gasteiger partial charge is 0.494 e. The fourth-order valence-corrected chi connectivity index (χ4v) is 7.09. The highest BCUT2D eigenvalue weighted by molar-refractivity contribution is 7.93. The smallest absolute Gasteiger partial charge is 0.264 e. The topological polar surface area (TPSA) is 122 Å². The molecule has 5 aromatic carbocycles. The van der Waals surface area contributed by atoms with Crippen molar-refractivity contribution in [2.45, 2.75) is 23.6 Å². The van der Waals surface area contributed by atoms with Crippen LogP contribution in [0.3, 0.4) is 0 Å². The summed E-state index contributed by atoms with van der Waals surface area (Å²) in [7, 11) is -8.05. The van der Waals surface area contributed by atoms with Crippen molar-refractivity contribution in [3.8, 4) is 5.75 Å². The molecule has 226 valence electrons. The number of fused-ring (bicyclic) bond motifs is 1. The molecule has 0 aliphatic carbocycles.